The lowest BCUT2D eigenvalue weighted by Crippen LogP contribution is -2.31. The molecule has 5 rings (SSSR count). The molecule has 2 aromatic carbocycles. The molecule has 35 heavy (non-hydrogen) atoms. The van der Waals surface area contributed by atoms with Crippen molar-refractivity contribution < 1.29 is 9.18 Å². The zero-order valence-electron chi connectivity index (χ0n) is 20.2. The van der Waals surface area contributed by atoms with E-state index in [0.29, 0.717) is 25.2 Å². The fraction of sp³-hybridized carbons (Fsp3) is 0.370. The summed E-state index contributed by atoms with van der Waals surface area (Å²) in [4.78, 5) is 22.0. The number of rotatable bonds is 8. The van der Waals surface area contributed by atoms with Gasteiger partial charge in [-0.05, 0) is 56.3 Å². The highest BCUT2D eigenvalue weighted by atomic mass is 19.1. The molecular formula is C27H31FN6O. The van der Waals surface area contributed by atoms with Gasteiger partial charge in [-0.1, -0.05) is 30.3 Å². The third-order valence-corrected chi connectivity index (χ3v) is 6.63. The number of carbonyl (C=O) groups is 1. The molecule has 7 nitrogen and oxygen atoms in total. The Bertz CT molecular complexity index is 1310. The van der Waals surface area contributed by atoms with E-state index >= 15 is 0 Å². The number of H-pyrrole nitrogens is 1. The fourth-order valence-electron chi connectivity index (χ4n) is 5.00. The van der Waals surface area contributed by atoms with Crippen molar-refractivity contribution in [2.45, 2.75) is 44.8 Å². The summed E-state index contributed by atoms with van der Waals surface area (Å²) in [6.45, 7) is 2.23. The van der Waals surface area contributed by atoms with Crippen LogP contribution in [0.1, 0.15) is 48.1 Å². The fourth-order valence-corrected chi connectivity index (χ4v) is 5.00. The van der Waals surface area contributed by atoms with Crippen LogP contribution in [0.3, 0.4) is 0 Å². The van der Waals surface area contributed by atoms with Crippen LogP contribution in [0.15, 0.2) is 54.7 Å². The third-order valence-electron chi connectivity index (χ3n) is 6.63. The largest absolute Gasteiger partial charge is 0.347 e. The molecule has 0 unspecified atom stereocenters. The minimum Gasteiger partial charge on any atom is -0.347 e. The molecule has 2 aromatic heterocycles. The van der Waals surface area contributed by atoms with Gasteiger partial charge in [0.2, 0.25) is 5.91 Å². The summed E-state index contributed by atoms with van der Waals surface area (Å²) >= 11 is 0. The molecule has 1 N–H and O–H groups in total. The van der Waals surface area contributed by atoms with E-state index in [1.54, 1.807) is 12.1 Å². The Morgan fingerprint density at radius 2 is 1.97 bits per heavy atom. The normalized spacial score (nSPS) is 16.0. The quantitative estimate of drug-likeness (QED) is 0.413. The molecule has 0 aliphatic carbocycles. The minimum atomic E-state index is -0.256. The molecule has 0 bridgehead atoms. The molecule has 4 aromatic rings. The zero-order valence-corrected chi connectivity index (χ0v) is 20.2. The molecule has 182 valence electrons. The molecule has 3 heterocycles. The maximum Gasteiger partial charge on any atom is 0.224 e. The van der Waals surface area contributed by atoms with E-state index in [0.717, 1.165) is 42.8 Å². The maximum absolute atomic E-state index is 13.3. The van der Waals surface area contributed by atoms with Gasteiger partial charge in [-0.25, -0.2) is 9.37 Å². The molecule has 1 aliphatic rings. The number of carbonyl (C=O) groups excluding carboxylic acids is 1. The lowest BCUT2D eigenvalue weighted by molar-refractivity contribution is -0.132. The second-order valence-electron chi connectivity index (χ2n) is 9.54. The van der Waals surface area contributed by atoms with Crippen LogP contribution in [-0.4, -0.2) is 56.1 Å². The van der Waals surface area contributed by atoms with Crippen molar-refractivity contribution in [3.63, 3.8) is 0 Å². The second kappa shape index (κ2) is 10.00. The van der Waals surface area contributed by atoms with Crippen molar-refractivity contribution in [1.82, 2.24) is 29.5 Å². The lowest BCUT2D eigenvalue weighted by atomic mass is 10.1. The van der Waals surface area contributed by atoms with Crippen molar-refractivity contribution in [1.29, 1.82) is 0 Å². The van der Waals surface area contributed by atoms with E-state index < -0.39 is 0 Å². The molecule has 1 saturated heterocycles. The molecule has 0 spiro atoms. The first kappa shape index (κ1) is 23.2. The first-order valence-corrected chi connectivity index (χ1v) is 12.1. The predicted molar refractivity (Wildman–Crippen MR) is 133 cm³/mol. The molecule has 1 atom stereocenters. The molecule has 8 heteroatoms. The van der Waals surface area contributed by atoms with Crippen molar-refractivity contribution in [3.05, 3.63) is 83.3 Å². The van der Waals surface area contributed by atoms with Gasteiger partial charge in [0.25, 0.3) is 0 Å². The van der Waals surface area contributed by atoms with E-state index in [1.165, 1.54) is 23.1 Å². The average Bonchev–Trinajstić information content (AvgIpc) is 3.58. The lowest BCUT2D eigenvalue weighted by Gasteiger charge is -2.22. The SMILES string of the molecule is CN(C)Cc1cn(CCC(=O)N2CCC[C@@H]2c2n[nH]c(Cc3ccc(F)cc3)n2)c2ccccc12. The van der Waals surface area contributed by atoms with E-state index in [1.807, 2.05) is 11.0 Å². The minimum absolute atomic E-state index is 0.105. The summed E-state index contributed by atoms with van der Waals surface area (Å²) in [5, 5.41) is 8.66. The smallest absolute Gasteiger partial charge is 0.224 e. The third kappa shape index (κ3) is 5.12. The Morgan fingerprint density at radius 1 is 1.17 bits per heavy atom. The van der Waals surface area contributed by atoms with Gasteiger partial charge in [0.05, 0.1) is 6.04 Å². The van der Waals surface area contributed by atoms with Gasteiger partial charge in [-0.3, -0.25) is 9.89 Å². The van der Waals surface area contributed by atoms with Gasteiger partial charge in [-0.15, -0.1) is 0 Å². The number of hydrogen-bond acceptors (Lipinski definition) is 4. The Kier molecular flexibility index (Phi) is 6.63. The summed E-state index contributed by atoms with van der Waals surface area (Å²) in [5.41, 5.74) is 3.39. The van der Waals surface area contributed by atoms with Gasteiger partial charge in [0.15, 0.2) is 5.82 Å². The summed E-state index contributed by atoms with van der Waals surface area (Å²) in [6, 6.07) is 14.7. The van der Waals surface area contributed by atoms with Crippen LogP contribution in [-0.2, 0) is 24.3 Å². The molecule has 1 fully saturated rings. The van der Waals surface area contributed by atoms with Crippen LogP contribution < -0.4 is 0 Å². The Hall–Kier alpha value is -3.52. The van der Waals surface area contributed by atoms with Gasteiger partial charge in [0, 0.05) is 49.6 Å². The number of nitrogens with one attached hydrogen (secondary N) is 1. The Balaban J connectivity index is 1.26. The number of aromatic amines is 1. The number of nitrogens with zero attached hydrogens (tertiary/aromatic N) is 5. The van der Waals surface area contributed by atoms with Crippen molar-refractivity contribution >= 4 is 16.8 Å². The number of benzene rings is 2. The van der Waals surface area contributed by atoms with Gasteiger partial charge < -0.3 is 14.4 Å². The number of amides is 1. The van der Waals surface area contributed by atoms with Gasteiger partial charge in [0.1, 0.15) is 11.6 Å². The highest BCUT2D eigenvalue weighted by molar-refractivity contribution is 5.84. The van der Waals surface area contributed by atoms with Crippen molar-refractivity contribution in [3.8, 4) is 0 Å². The topological polar surface area (TPSA) is 70.1 Å². The zero-order chi connectivity index (χ0) is 24.4. The number of hydrogen-bond donors (Lipinski definition) is 1. The second-order valence-corrected chi connectivity index (χ2v) is 9.54. The predicted octanol–water partition coefficient (Wildman–Crippen LogP) is 4.30. The van der Waals surface area contributed by atoms with Crippen LogP contribution in [0.5, 0.6) is 0 Å². The molecule has 0 saturated carbocycles. The molecular weight excluding hydrogens is 443 g/mol. The van der Waals surface area contributed by atoms with E-state index in [4.69, 9.17) is 0 Å². The van der Waals surface area contributed by atoms with Gasteiger partial charge in [-0.2, -0.15) is 5.10 Å². The summed E-state index contributed by atoms with van der Waals surface area (Å²) in [6.07, 6.45) is 4.96. The average molecular weight is 475 g/mol. The van der Waals surface area contributed by atoms with Crippen molar-refractivity contribution in [2.24, 2.45) is 0 Å². The van der Waals surface area contributed by atoms with Crippen LogP contribution in [0.2, 0.25) is 0 Å². The number of aryl methyl sites for hydroxylation is 1. The molecule has 1 aliphatic heterocycles. The Morgan fingerprint density at radius 3 is 2.77 bits per heavy atom. The standard InChI is InChI=1S/C27H31FN6O/c1-32(2)17-20-18-33(23-7-4-3-6-22(20)23)15-13-26(35)34-14-5-8-24(34)27-29-25(30-31-27)16-19-9-11-21(28)12-10-19/h3-4,6-7,9-12,18,24H,5,8,13-17H2,1-2H3,(H,29,30,31)/t24-/m1/s1. The molecule has 0 radical (unpaired) electrons. The first-order chi connectivity index (χ1) is 17.0. The molecule has 1 amide bonds. The van der Waals surface area contributed by atoms with E-state index in [2.05, 4.69) is 63.1 Å². The van der Waals surface area contributed by atoms with E-state index in [-0.39, 0.29) is 17.8 Å². The first-order valence-electron chi connectivity index (χ1n) is 12.1. The maximum atomic E-state index is 13.3. The van der Waals surface area contributed by atoms with Crippen LogP contribution in [0.4, 0.5) is 4.39 Å². The van der Waals surface area contributed by atoms with Crippen LogP contribution in [0.25, 0.3) is 10.9 Å². The van der Waals surface area contributed by atoms with Crippen LogP contribution in [0, 0.1) is 5.82 Å². The number of para-hydroxylation sites is 1. The highest BCUT2D eigenvalue weighted by Gasteiger charge is 2.32. The summed E-state index contributed by atoms with van der Waals surface area (Å²) in [5.74, 6) is 1.25. The summed E-state index contributed by atoms with van der Waals surface area (Å²) < 4.78 is 15.4. The number of halogens is 1. The van der Waals surface area contributed by atoms with Crippen LogP contribution >= 0.6 is 0 Å². The summed E-state index contributed by atoms with van der Waals surface area (Å²) in [7, 11) is 4.13. The van der Waals surface area contributed by atoms with Gasteiger partial charge >= 0.3 is 0 Å². The monoisotopic (exact) mass is 474 g/mol. The number of fused-ring (bicyclic) bond motifs is 1. The van der Waals surface area contributed by atoms with E-state index in [9.17, 15) is 9.18 Å². The number of aromatic nitrogens is 4. The van der Waals surface area contributed by atoms with Crippen molar-refractivity contribution in [2.75, 3.05) is 20.6 Å². The Labute approximate surface area is 204 Å². The number of likely N-dealkylation sites (tertiary alicyclic amines) is 1. The highest BCUT2D eigenvalue weighted by Crippen LogP contribution is 2.31.